The Kier molecular flexibility index (Phi) is 9.76. The minimum absolute atomic E-state index is 0.0257. The number of hydrogen-bond acceptors (Lipinski definition) is 6. The van der Waals surface area contributed by atoms with Crippen LogP contribution >= 0.6 is 21.6 Å². The van der Waals surface area contributed by atoms with Crippen LogP contribution in [0.3, 0.4) is 0 Å². The number of aliphatic hydroxyl groups excluding tert-OH is 1. The monoisotopic (exact) mass is 609 g/mol. The third-order valence-electron chi connectivity index (χ3n) is 8.35. The molecule has 0 spiro atoms. The van der Waals surface area contributed by atoms with Crippen molar-refractivity contribution in [2.75, 3.05) is 44.3 Å². The van der Waals surface area contributed by atoms with Crippen molar-refractivity contribution in [2.45, 2.75) is 51.0 Å². The number of aliphatic hydroxyl groups is 2. The number of benzene rings is 2. The van der Waals surface area contributed by atoms with Crippen molar-refractivity contribution in [1.29, 1.82) is 0 Å². The summed E-state index contributed by atoms with van der Waals surface area (Å²) in [7, 11) is -0.889. The summed E-state index contributed by atoms with van der Waals surface area (Å²) in [4.78, 5) is 28.4. The number of fused-ring (bicyclic) bond motifs is 1. The van der Waals surface area contributed by atoms with Gasteiger partial charge in [0.05, 0.1) is 29.7 Å². The number of esters is 1. The quantitative estimate of drug-likeness (QED) is 0.342. The largest absolute Gasteiger partial charge is 0.465 e. The molecule has 2 N–H and O–H groups in total. The van der Waals surface area contributed by atoms with E-state index in [1.165, 1.54) is 12.1 Å². The van der Waals surface area contributed by atoms with Gasteiger partial charge in [-0.15, -0.1) is 0 Å². The number of amides is 1. The van der Waals surface area contributed by atoms with Crippen LogP contribution in [-0.2, 0) is 19.9 Å². The number of nitrogens with zero attached hydrogens (tertiary/aromatic N) is 1. The van der Waals surface area contributed by atoms with E-state index in [2.05, 4.69) is 18.8 Å². The minimum Gasteiger partial charge on any atom is -0.465 e. The van der Waals surface area contributed by atoms with Crippen molar-refractivity contribution in [3.05, 3.63) is 69.5 Å². The van der Waals surface area contributed by atoms with Gasteiger partial charge in [0.15, 0.2) is 6.23 Å². The molecule has 0 radical (unpaired) electrons. The number of hydrogen-bond donors (Lipinski definition) is 2. The van der Waals surface area contributed by atoms with Gasteiger partial charge in [-0.25, -0.2) is 14.4 Å². The zero-order valence-corrected chi connectivity index (χ0v) is 25.9. The molecule has 0 saturated carbocycles. The molecule has 7 nitrogen and oxygen atoms in total. The molecule has 10 heteroatoms. The van der Waals surface area contributed by atoms with Crippen molar-refractivity contribution in [3.8, 4) is 0 Å². The molecule has 1 amide bonds. The molecule has 4 atom stereocenters. The van der Waals surface area contributed by atoms with Crippen LogP contribution in [0.25, 0.3) is 0 Å². The van der Waals surface area contributed by atoms with Gasteiger partial charge in [-0.05, 0) is 86.3 Å². The van der Waals surface area contributed by atoms with Crippen molar-refractivity contribution in [2.24, 2.45) is 11.8 Å². The average molecular weight is 610 g/mol. The molecule has 2 aliphatic rings. The first-order valence-corrected chi connectivity index (χ1v) is 17.4. The lowest BCUT2D eigenvalue weighted by Gasteiger charge is -2.38. The molecule has 2 aromatic carbocycles. The van der Waals surface area contributed by atoms with E-state index in [-0.39, 0.29) is 23.7 Å². The normalized spacial score (nSPS) is 21.2. The smallest absolute Gasteiger partial charge is 0.311 e. The van der Waals surface area contributed by atoms with Crippen LogP contribution in [0.1, 0.15) is 72.4 Å². The summed E-state index contributed by atoms with van der Waals surface area (Å²) < 4.78 is 26.8. The zero-order chi connectivity index (χ0) is 30.1. The number of carbonyl (C=O) groups is 2. The Morgan fingerprint density at radius 3 is 2.44 bits per heavy atom. The molecule has 2 aliphatic heterocycles. The highest BCUT2D eigenvalue weighted by Gasteiger charge is 2.47. The maximum Gasteiger partial charge on any atom is 0.311 e. The predicted molar refractivity (Wildman–Crippen MR) is 160 cm³/mol. The second kappa shape index (κ2) is 12.6. The third-order valence-corrected chi connectivity index (χ3v) is 9.99. The molecule has 1 fully saturated rings. The maximum absolute atomic E-state index is 15.8. The van der Waals surface area contributed by atoms with Crippen LogP contribution in [0.2, 0.25) is 5.02 Å². The Labute approximate surface area is 248 Å². The van der Waals surface area contributed by atoms with Gasteiger partial charge in [-0.3, -0.25) is 9.59 Å². The summed E-state index contributed by atoms with van der Waals surface area (Å²) in [6.07, 6.45) is 6.29. The minimum atomic E-state index is -1.64. The summed E-state index contributed by atoms with van der Waals surface area (Å²) in [5.74, 6) is -2.24. The first-order valence-electron chi connectivity index (χ1n) is 14.0. The van der Waals surface area contributed by atoms with Crippen molar-refractivity contribution in [3.63, 3.8) is 0 Å². The van der Waals surface area contributed by atoms with E-state index in [1.54, 1.807) is 31.2 Å². The van der Waals surface area contributed by atoms with Crippen molar-refractivity contribution < 1.29 is 33.7 Å². The summed E-state index contributed by atoms with van der Waals surface area (Å²) in [5.41, 5.74) is -0.707. The fraction of sp³-hybridized carbons (Fsp3) is 0.548. The molecule has 0 bridgehead atoms. The van der Waals surface area contributed by atoms with Gasteiger partial charge in [0.2, 0.25) is 0 Å². The fourth-order valence-electron chi connectivity index (χ4n) is 5.88. The lowest BCUT2D eigenvalue weighted by Crippen LogP contribution is -2.39. The van der Waals surface area contributed by atoms with Gasteiger partial charge < -0.3 is 24.6 Å². The molecule has 41 heavy (non-hydrogen) atoms. The van der Waals surface area contributed by atoms with E-state index < -0.39 is 51.5 Å². The van der Waals surface area contributed by atoms with Crippen LogP contribution in [0.5, 0.6) is 0 Å². The topological polar surface area (TPSA) is 96.3 Å². The predicted octanol–water partition coefficient (Wildman–Crippen LogP) is 5.56. The molecule has 2 aromatic rings. The molecular formula is C31H41ClFNO6S. The Hall–Kier alpha value is -2.17. The van der Waals surface area contributed by atoms with Crippen molar-refractivity contribution in [1.82, 2.24) is 4.90 Å². The number of carbonyl (C=O) groups excluding carboxylic acids is 2. The Bertz CT molecular complexity index is 1260. The summed E-state index contributed by atoms with van der Waals surface area (Å²) in [6, 6.07) is 8.40. The second-order valence-electron chi connectivity index (χ2n) is 11.9. The fourth-order valence-corrected chi connectivity index (χ4v) is 6.59. The van der Waals surface area contributed by atoms with Crippen LogP contribution in [0.15, 0.2) is 36.4 Å². The molecule has 1 saturated heterocycles. The van der Waals surface area contributed by atoms with Gasteiger partial charge in [0, 0.05) is 29.6 Å². The van der Waals surface area contributed by atoms with E-state index >= 15 is 4.39 Å². The number of halogens is 2. The van der Waals surface area contributed by atoms with Crippen LogP contribution < -0.4 is 0 Å². The molecule has 226 valence electrons. The van der Waals surface area contributed by atoms with Gasteiger partial charge in [-0.1, -0.05) is 30.7 Å². The van der Waals surface area contributed by atoms with Crippen LogP contribution in [-0.4, -0.2) is 71.3 Å². The van der Waals surface area contributed by atoms with Gasteiger partial charge >= 0.3 is 5.97 Å². The standard InChI is InChI=1S/C31H41ClFNO6S/c1-6-31(38,21-11-13-39-14-12-21)22-17-24-26(25(33)18-22)29(36)34(28(24)35)27(20-7-9-23(32)10-8-20)19(2)30(37)40-15-16-41(3,4)5/h7-10,17-19,21,27,29,36,38H,6,11-16H2,1-5H3/t19-,27?,29?,31-/m0/s1. The summed E-state index contributed by atoms with van der Waals surface area (Å²) in [6.45, 7) is 4.71. The Morgan fingerprint density at radius 2 is 1.85 bits per heavy atom. The maximum atomic E-state index is 15.8. The lowest BCUT2D eigenvalue weighted by atomic mass is 9.75. The van der Waals surface area contributed by atoms with E-state index in [4.69, 9.17) is 21.1 Å². The zero-order valence-electron chi connectivity index (χ0n) is 24.4. The highest BCUT2D eigenvalue weighted by atomic mass is 35.5. The van der Waals surface area contributed by atoms with Gasteiger partial charge in [0.25, 0.3) is 5.91 Å². The lowest BCUT2D eigenvalue weighted by molar-refractivity contribution is -0.150. The van der Waals surface area contributed by atoms with Gasteiger partial charge in [0.1, 0.15) is 5.82 Å². The summed E-state index contributed by atoms with van der Waals surface area (Å²) >= 11 is 6.12. The first-order chi connectivity index (χ1) is 19.3. The van der Waals surface area contributed by atoms with Crippen molar-refractivity contribution >= 4 is 33.5 Å². The summed E-state index contributed by atoms with van der Waals surface area (Å²) in [5, 5.41) is 23.6. The van der Waals surface area contributed by atoms with E-state index in [1.807, 2.05) is 6.92 Å². The molecule has 4 rings (SSSR count). The molecule has 0 aromatic heterocycles. The third kappa shape index (κ3) is 6.59. The number of ether oxygens (including phenoxy) is 2. The number of rotatable bonds is 10. The first kappa shape index (κ1) is 31.8. The SMILES string of the molecule is CC[C@@](O)(c1cc(F)c2c(c1)C(=O)N(C(c1ccc(Cl)cc1)[C@H](C)C(=O)OCCS(C)(C)C)C2O)C1CCOCC1. The van der Waals surface area contributed by atoms with E-state index in [0.29, 0.717) is 48.6 Å². The Morgan fingerprint density at radius 1 is 1.22 bits per heavy atom. The molecule has 0 aliphatic carbocycles. The molecule has 2 unspecified atom stereocenters. The highest BCUT2D eigenvalue weighted by molar-refractivity contribution is 8.32. The van der Waals surface area contributed by atoms with Crippen LogP contribution in [0.4, 0.5) is 4.39 Å². The van der Waals surface area contributed by atoms with Crippen LogP contribution in [0, 0.1) is 17.7 Å². The average Bonchev–Trinajstić information content (AvgIpc) is 3.18. The second-order valence-corrected chi connectivity index (χ2v) is 16.9. The molecular weight excluding hydrogens is 569 g/mol. The van der Waals surface area contributed by atoms with Gasteiger partial charge in [-0.2, -0.15) is 0 Å². The van der Waals surface area contributed by atoms with E-state index in [0.717, 1.165) is 10.7 Å². The Balaban J connectivity index is 1.71. The highest BCUT2D eigenvalue weighted by Crippen LogP contribution is 2.46. The van der Waals surface area contributed by atoms with E-state index in [9.17, 15) is 19.8 Å². The molecule has 2 heterocycles.